The number of amides is 1. The van der Waals surface area contributed by atoms with E-state index in [9.17, 15) is 14.3 Å². The number of hydrogen-bond acceptors (Lipinski definition) is 6. The number of nitrogens with one attached hydrogen (secondary N) is 1. The van der Waals surface area contributed by atoms with E-state index in [1.807, 2.05) is 0 Å². The van der Waals surface area contributed by atoms with Crippen LogP contribution >= 0.6 is 11.6 Å². The number of benzene rings is 2. The molecule has 1 unspecified atom stereocenters. The molecular weight excluding hydrogens is 475 g/mol. The molecule has 1 heterocycles. The molecule has 9 heteroatoms. The van der Waals surface area contributed by atoms with Crippen molar-refractivity contribution in [2.45, 2.75) is 18.4 Å². The van der Waals surface area contributed by atoms with Crippen molar-refractivity contribution in [3.05, 3.63) is 76.7 Å². The van der Waals surface area contributed by atoms with Gasteiger partial charge in [0.15, 0.2) is 0 Å². The maximum absolute atomic E-state index is 13.7. The Morgan fingerprint density at radius 1 is 1.20 bits per heavy atom. The topological polar surface area (TPSA) is 101 Å². The van der Waals surface area contributed by atoms with Gasteiger partial charge < -0.3 is 25.0 Å². The third-order valence-corrected chi connectivity index (χ3v) is 6.25. The molecule has 3 aromatic rings. The molecule has 0 bridgehead atoms. The number of aliphatic hydroxyl groups excluding tert-OH is 1. The lowest BCUT2D eigenvalue weighted by atomic mass is 9.92. The number of aliphatic hydroxyl groups is 2. The van der Waals surface area contributed by atoms with Crippen LogP contribution in [-0.4, -0.2) is 48.0 Å². The van der Waals surface area contributed by atoms with Gasteiger partial charge in [-0.05, 0) is 73.4 Å². The van der Waals surface area contributed by atoms with E-state index in [0.717, 1.165) is 12.8 Å². The fraction of sp³-hybridized carbons (Fsp3) is 0.308. The summed E-state index contributed by atoms with van der Waals surface area (Å²) in [5.74, 6) is 0.0261. The van der Waals surface area contributed by atoms with Gasteiger partial charge in [0.05, 0.1) is 31.0 Å². The van der Waals surface area contributed by atoms with Crippen molar-refractivity contribution in [1.29, 1.82) is 0 Å². The summed E-state index contributed by atoms with van der Waals surface area (Å²) in [7, 11) is 1.50. The average molecular weight is 501 g/mol. The summed E-state index contributed by atoms with van der Waals surface area (Å²) >= 11 is 5.97. The van der Waals surface area contributed by atoms with E-state index in [-0.39, 0.29) is 36.6 Å². The van der Waals surface area contributed by atoms with Gasteiger partial charge in [-0.3, -0.25) is 4.79 Å². The number of halogens is 2. The highest BCUT2D eigenvalue weighted by Crippen LogP contribution is 2.46. The van der Waals surface area contributed by atoms with E-state index in [0.29, 0.717) is 34.0 Å². The van der Waals surface area contributed by atoms with Crippen LogP contribution in [0.1, 0.15) is 28.9 Å². The Bertz CT molecular complexity index is 1200. The van der Waals surface area contributed by atoms with Crippen LogP contribution in [0, 0.1) is 11.7 Å². The summed E-state index contributed by atoms with van der Waals surface area (Å²) in [6.45, 7) is 0.0282. The molecule has 0 saturated heterocycles. The summed E-state index contributed by atoms with van der Waals surface area (Å²) < 4.78 is 24.4. The molecule has 1 aliphatic rings. The zero-order valence-electron chi connectivity index (χ0n) is 19.1. The number of rotatable bonds is 10. The molecule has 1 fully saturated rings. The second kappa shape index (κ2) is 10.6. The van der Waals surface area contributed by atoms with Crippen LogP contribution in [0.15, 0.2) is 54.6 Å². The van der Waals surface area contributed by atoms with E-state index >= 15 is 0 Å². The standard InChI is InChI=1S/C26H26ClFN2O5/c1-34-22-10-11-23(30-24(22)17-4-9-21(28)20(27)14-17)26(33,18-5-6-18)15-29-25(32)16-2-7-19(8-3-16)35-13-12-31/h2-4,7-11,14,18,31,33H,5-6,12-13,15H2,1H3,(H,29,32). The quantitative estimate of drug-likeness (QED) is 0.390. The first-order chi connectivity index (χ1) is 16.9. The van der Waals surface area contributed by atoms with Gasteiger partial charge in [0.2, 0.25) is 0 Å². The van der Waals surface area contributed by atoms with Gasteiger partial charge in [0.25, 0.3) is 5.91 Å². The Hall–Kier alpha value is -3.20. The molecule has 0 aliphatic heterocycles. The largest absolute Gasteiger partial charge is 0.494 e. The smallest absolute Gasteiger partial charge is 0.251 e. The van der Waals surface area contributed by atoms with E-state index in [1.165, 1.54) is 19.2 Å². The number of methoxy groups -OCH3 is 1. The molecule has 184 valence electrons. The highest BCUT2D eigenvalue weighted by Gasteiger charge is 2.46. The number of nitrogens with zero attached hydrogens (tertiary/aromatic N) is 1. The molecule has 1 aromatic heterocycles. The predicted molar refractivity (Wildman–Crippen MR) is 129 cm³/mol. The highest BCUT2D eigenvalue weighted by atomic mass is 35.5. The first-order valence-electron chi connectivity index (χ1n) is 11.2. The lowest BCUT2D eigenvalue weighted by molar-refractivity contribution is 0.00953. The van der Waals surface area contributed by atoms with Gasteiger partial charge in [-0.15, -0.1) is 0 Å². The molecule has 4 rings (SSSR count). The summed E-state index contributed by atoms with van der Waals surface area (Å²) in [6, 6.07) is 14.1. The predicted octanol–water partition coefficient (Wildman–Crippen LogP) is 3.95. The second-order valence-corrected chi connectivity index (χ2v) is 8.76. The lowest BCUT2D eigenvalue weighted by Crippen LogP contribution is -2.43. The van der Waals surface area contributed by atoms with Crippen molar-refractivity contribution in [2.75, 3.05) is 26.9 Å². The Balaban J connectivity index is 1.57. The minimum Gasteiger partial charge on any atom is -0.494 e. The van der Waals surface area contributed by atoms with Crippen LogP contribution in [0.5, 0.6) is 11.5 Å². The van der Waals surface area contributed by atoms with Gasteiger partial charge in [-0.25, -0.2) is 9.37 Å². The lowest BCUT2D eigenvalue weighted by Gasteiger charge is -2.29. The van der Waals surface area contributed by atoms with Crippen LogP contribution in [0.4, 0.5) is 4.39 Å². The van der Waals surface area contributed by atoms with Gasteiger partial charge in [0.1, 0.15) is 35.2 Å². The molecule has 3 N–H and O–H groups in total. The van der Waals surface area contributed by atoms with Crippen LogP contribution in [0.3, 0.4) is 0 Å². The number of carbonyl (C=O) groups excluding carboxylic acids is 1. The van der Waals surface area contributed by atoms with Crippen LogP contribution < -0.4 is 14.8 Å². The maximum atomic E-state index is 13.7. The Morgan fingerprint density at radius 2 is 1.94 bits per heavy atom. The molecule has 35 heavy (non-hydrogen) atoms. The average Bonchev–Trinajstić information content (AvgIpc) is 3.73. The summed E-state index contributed by atoms with van der Waals surface area (Å²) in [5, 5.41) is 23.3. The van der Waals surface area contributed by atoms with E-state index < -0.39 is 11.4 Å². The number of ether oxygens (including phenoxy) is 2. The van der Waals surface area contributed by atoms with Gasteiger partial charge >= 0.3 is 0 Å². The number of aromatic nitrogens is 1. The first-order valence-corrected chi connectivity index (χ1v) is 11.6. The molecule has 0 spiro atoms. The van der Waals surface area contributed by atoms with Crippen molar-refractivity contribution < 1.29 is 28.9 Å². The zero-order chi connectivity index (χ0) is 25.0. The van der Waals surface area contributed by atoms with Crippen LogP contribution in [0.2, 0.25) is 5.02 Å². The molecule has 1 saturated carbocycles. The normalized spacial score (nSPS) is 14.8. The summed E-state index contributed by atoms with van der Waals surface area (Å²) in [5.41, 5.74) is 0.342. The van der Waals surface area contributed by atoms with Crippen molar-refractivity contribution in [3.63, 3.8) is 0 Å². The van der Waals surface area contributed by atoms with Crippen molar-refractivity contribution in [1.82, 2.24) is 10.3 Å². The molecular formula is C26H26ClFN2O5. The van der Waals surface area contributed by atoms with Gasteiger partial charge in [0, 0.05) is 11.1 Å². The SMILES string of the molecule is COc1ccc(C(O)(CNC(=O)c2ccc(OCCO)cc2)C2CC2)nc1-c1ccc(F)c(Cl)c1. The molecule has 1 atom stereocenters. The van der Waals surface area contributed by atoms with E-state index in [2.05, 4.69) is 10.3 Å². The molecule has 1 aliphatic carbocycles. The third-order valence-electron chi connectivity index (χ3n) is 5.96. The number of hydrogen-bond donors (Lipinski definition) is 3. The zero-order valence-corrected chi connectivity index (χ0v) is 19.9. The molecule has 0 radical (unpaired) electrons. The maximum Gasteiger partial charge on any atom is 0.251 e. The summed E-state index contributed by atoms with van der Waals surface area (Å²) in [6.07, 6.45) is 1.60. The fourth-order valence-corrected chi connectivity index (χ4v) is 4.07. The van der Waals surface area contributed by atoms with Crippen molar-refractivity contribution in [3.8, 4) is 22.8 Å². The highest BCUT2D eigenvalue weighted by molar-refractivity contribution is 6.31. The Labute approximate surface area is 207 Å². The molecule has 7 nitrogen and oxygen atoms in total. The first kappa shape index (κ1) is 24.9. The van der Waals surface area contributed by atoms with Gasteiger partial charge in [-0.2, -0.15) is 0 Å². The number of pyridine rings is 1. The molecule has 2 aromatic carbocycles. The third kappa shape index (κ3) is 5.56. The monoisotopic (exact) mass is 500 g/mol. The fourth-order valence-electron chi connectivity index (χ4n) is 3.89. The minimum absolute atomic E-state index is 0.0395. The van der Waals surface area contributed by atoms with E-state index in [4.69, 9.17) is 26.2 Å². The van der Waals surface area contributed by atoms with Crippen molar-refractivity contribution >= 4 is 17.5 Å². The van der Waals surface area contributed by atoms with Gasteiger partial charge in [-0.1, -0.05) is 11.6 Å². The van der Waals surface area contributed by atoms with E-state index in [1.54, 1.807) is 42.5 Å². The summed E-state index contributed by atoms with van der Waals surface area (Å²) in [4.78, 5) is 17.4. The Kier molecular flexibility index (Phi) is 7.54. The van der Waals surface area contributed by atoms with Crippen LogP contribution in [-0.2, 0) is 5.60 Å². The van der Waals surface area contributed by atoms with Crippen LogP contribution in [0.25, 0.3) is 11.3 Å². The minimum atomic E-state index is -1.40. The molecule has 1 amide bonds. The Morgan fingerprint density at radius 3 is 2.57 bits per heavy atom. The second-order valence-electron chi connectivity index (χ2n) is 8.35. The van der Waals surface area contributed by atoms with Crippen molar-refractivity contribution in [2.24, 2.45) is 5.92 Å². The number of carbonyl (C=O) groups is 1.